The first-order valence-electron chi connectivity index (χ1n) is 6.23. The number of carbonyl (C=O) groups is 1. The minimum atomic E-state index is -0.603. The number of hydrogen-bond acceptors (Lipinski definition) is 4. The van der Waals surface area contributed by atoms with Gasteiger partial charge in [0.25, 0.3) is 0 Å². The van der Waals surface area contributed by atoms with Crippen molar-refractivity contribution in [3.05, 3.63) is 53.3 Å². The number of Topliss-reactive ketones (excluding diaryl/α,β-unsaturated/α-hetero) is 1. The zero-order chi connectivity index (χ0) is 13.9. The molecule has 1 aliphatic rings. The van der Waals surface area contributed by atoms with Crippen molar-refractivity contribution in [3.63, 3.8) is 0 Å². The van der Waals surface area contributed by atoms with E-state index in [0.29, 0.717) is 16.5 Å². The topological polar surface area (TPSA) is 48.4 Å². The highest BCUT2D eigenvalue weighted by atomic mass is 35.5. The Bertz CT molecular complexity index is 645. The van der Waals surface area contributed by atoms with Crippen LogP contribution in [0, 0.1) is 0 Å². The maximum atomic E-state index is 12.2. The Balaban J connectivity index is 1.72. The number of aromatic nitrogens is 1. The van der Waals surface area contributed by atoms with E-state index in [1.165, 1.54) is 6.20 Å². The van der Waals surface area contributed by atoms with Crippen molar-refractivity contribution >= 4 is 17.4 Å². The van der Waals surface area contributed by atoms with Gasteiger partial charge in [-0.2, -0.15) is 0 Å². The Morgan fingerprint density at radius 2 is 2.10 bits per heavy atom. The molecule has 3 rings (SSSR count). The van der Waals surface area contributed by atoms with Crippen molar-refractivity contribution < 1.29 is 14.3 Å². The smallest absolute Gasteiger partial charge is 0.191 e. The van der Waals surface area contributed by atoms with Crippen LogP contribution in [0.5, 0.6) is 11.5 Å². The molecule has 4 nitrogen and oxygen atoms in total. The van der Waals surface area contributed by atoms with Crippen LogP contribution in [0.15, 0.2) is 42.7 Å². The maximum Gasteiger partial charge on any atom is 0.191 e. The number of pyridine rings is 1. The molecule has 0 spiro atoms. The van der Waals surface area contributed by atoms with Gasteiger partial charge < -0.3 is 9.47 Å². The van der Waals surface area contributed by atoms with Crippen LogP contribution in [-0.2, 0) is 11.2 Å². The normalized spacial score (nSPS) is 16.8. The van der Waals surface area contributed by atoms with E-state index in [1.54, 1.807) is 18.3 Å². The first-order chi connectivity index (χ1) is 9.74. The molecule has 0 aliphatic carbocycles. The van der Waals surface area contributed by atoms with E-state index in [1.807, 2.05) is 18.2 Å². The van der Waals surface area contributed by atoms with E-state index in [2.05, 4.69) is 4.98 Å². The van der Waals surface area contributed by atoms with Crippen LogP contribution >= 0.6 is 11.6 Å². The number of carbonyl (C=O) groups excluding carboxylic acids is 1. The summed E-state index contributed by atoms with van der Waals surface area (Å²) in [6.45, 7) is 0.221. The van der Waals surface area contributed by atoms with Gasteiger partial charge in [-0.1, -0.05) is 23.7 Å². The fourth-order valence-electron chi connectivity index (χ4n) is 2.03. The average molecular weight is 290 g/mol. The lowest BCUT2D eigenvalue weighted by Gasteiger charge is -2.25. The predicted molar refractivity (Wildman–Crippen MR) is 74.3 cm³/mol. The molecule has 5 heteroatoms. The molecule has 20 heavy (non-hydrogen) atoms. The molecule has 0 fully saturated rings. The summed E-state index contributed by atoms with van der Waals surface area (Å²) in [7, 11) is 0. The van der Waals surface area contributed by atoms with Gasteiger partial charge in [0.2, 0.25) is 0 Å². The summed E-state index contributed by atoms with van der Waals surface area (Å²) in [6, 6.07) is 9.04. The van der Waals surface area contributed by atoms with Gasteiger partial charge in [-0.3, -0.25) is 9.78 Å². The van der Waals surface area contributed by atoms with Gasteiger partial charge in [-0.15, -0.1) is 0 Å². The molecule has 1 aliphatic heterocycles. The first-order valence-corrected chi connectivity index (χ1v) is 6.61. The van der Waals surface area contributed by atoms with Gasteiger partial charge in [0.1, 0.15) is 6.61 Å². The lowest BCUT2D eigenvalue weighted by atomic mass is 10.1. The van der Waals surface area contributed by atoms with Gasteiger partial charge in [-0.05, 0) is 23.8 Å². The maximum absolute atomic E-state index is 12.2. The van der Waals surface area contributed by atoms with Gasteiger partial charge in [0, 0.05) is 18.8 Å². The molecule has 0 saturated carbocycles. The van der Waals surface area contributed by atoms with E-state index in [0.717, 1.165) is 5.56 Å². The van der Waals surface area contributed by atoms with E-state index in [9.17, 15) is 4.79 Å². The van der Waals surface area contributed by atoms with Gasteiger partial charge >= 0.3 is 0 Å². The highest BCUT2D eigenvalue weighted by Crippen LogP contribution is 2.31. The van der Waals surface area contributed by atoms with Crippen molar-refractivity contribution in [3.8, 4) is 11.5 Å². The summed E-state index contributed by atoms with van der Waals surface area (Å²) < 4.78 is 11.2. The number of rotatable bonds is 3. The van der Waals surface area contributed by atoms with Crippen molar-refractivity contribution in [2.45, 2.75) is 12.5 Å². The molecule has 2 aromatic rings. The number of para-hydroxylation sites is 2. The molecular weight excluding hydrogens is 278 g/mol. The first kappa shape index (κ1) is 12.9. The minimum absolute atomic E-state index is 0.0624. The van der Waals surface area contributed by atoms with Crippen molar-refractivity contribution in [2.75, 3.05) is 6.61 Å². The number of benzene rings is 1. The highest BCUT2D eigenvalue weighted by Gasteiger charge is 2.27. The minimum Gasteiger partial charge on any atom is -0.485 e. The third-order valence-electron chi connectivity index (χ3n) is 3.09. The predicted octanol–water partition coefficient (Wildman–Crippen LogP) is 2.69. The largest absolute Gasteiger partial charge is 0.485 e. The second-order valence-electron chi connectivity index (χ2n) is 4.47. The van der Waals surface area contributed by atoms with E-state index in [4.69, 9.17) is 21.1 Å². The number of ketones is 1. The fraction of sp³-hybridized carbons (Fsp3) is 0.200. The Morgan fingerprint density at radius 1 is 1.30 bits per heavy atom. The Morgan fingerprint density at radius 3 is 2.90 bits per heavy atom. The number of ether oxygens (including phenoxy) is 2. The van der Waals surface area contributed by atoms with Crippen LogP contribution in [-0.4, -0.2) is 23.5 Å². The average Bonchev–Trinajstić information content (AvgIpc) is 2.49. The fourth-order valence-corrected chi connectivity index (χ4v) is 2.21. The van der Waals surface area contributed by atoms with Crippen LogP contribution in [0.4, 0.5) is 0 Å². The van der Waals surface area contributed by atoms with Crippen LogP contribution in [0.1, 0.15) is 5.56 Å². The van der Waals surface area contributed by atoms with Gasteiger partial charge in [-0.25, -0.2) is 0 Å². The molecule has 0 amide bonds. The summed E-state index contributed by atoms with van der Waals surface area (Å²) in [5, 5.41) is 0.484. The molecule has 1 aromatic carbocycles. The molecule has 102 valence electrons. The number of fused-ring (bicyclic) bond motifs is 1. The van der Waals surface area contributed by atoms with E-state index < -0.39 is 6.10 Å². The summed E-state index contributed by atoms with van der Waals surface area (Å²) in [6.07, 6.45) is 2.74. The molecule has 1 aromatic heterocycles. The van der Waals surface area contributed by atoms with Gasteiger partial charge in [0.15, 0.2) is 23.4 Å². The molecule has 0 radical (unpaired) electrons. The van der Waals surface area contributed by atoms with Crippen LogP contribution in [0.25, 0.3) is 0 Å². The highest BCUT2D eigenvalue weighted by molar-refractivity contribution is 6.31. The van der Waals surface area contributed by atoms with Crippen LogP contribution in [0.3, 0.4) is 0 Å². The molecule has 0 N–H and O–H groups in total. The standard InChI is InChI=1S/C15H12ClNO3/c16-11-8-17-6-5-10(11)7-12(18)15-9-19-13-3-1-2-4-14(13)20-15/h1-6,8,15H,7,9H2. The van der Waals surface area contributed by atoms with E-state index >= 15 is 0 Å². The molecule has 2 heterocycles. The molecular formula is C15H12ClNO3. The number of nitrogens with zero attached hydrogens (tertiary/aromatic N) is 1. The van der Waals surface area contributed by atoms with E-state index in [-0.39, 0.29) is 18.8 Å². The lowest BCUT2D eigenvalue weighted by molar-refractivity contribution is -0.127. The Kier molecular flexibility index (Phi) is 3.56. The molecule has 0 bridgehead atoms. The molecule has 1 atom stereocenters. The third-order valence-corrected chi connectivity index (χ3v) is 3.43. The number of hydrogen-bond donors (Lipinski definition) is 0. The van der Waals surface area contributed by atoms with Gasteiger partial charge in [0.05, 0.1) is 5.02 Å². The van der Waals surface area contributed by atoms with Crippen LogP contribution < -0.4 is 9.47 Å². The monoisotopic (exact) mass is 289 g/mol. The second-order valence-corrected chi connectivity index (χ2v) is 4.88. The molecule has 0 saturated heterocycles. The quantitative estimate of drug-likeness (QED) is 0.872. The second kappa shape index (κ2) is 5.51. The lowest BCUT2D eigenvalue weighted by Crippen LogP contribution is -2.37. The van der Waals surface area contributed by atoms with Crippen molar-refractivity contribution in [2.24, 2.45) is 0 Å². The molecule has 1 unspecified atom stereocenters. The zero-order valence-corrected chi connectivity index (χ0v) is 11.3. The summed E-state index contributed by atoms with van der Waals surface area (Å²) >= 11 is 6.00. The number of halogens is 1. The summed E-state index contributed by atoms with van der Waals surface area (Å²) in [4.78, 5) is 16.1. The SMILES string of the molecule is O=C(Cc1ccncc1Cl)C1COc2ccccc2O1. The summed E-state index contributed by atoms with van der Waals surface area (Å²) in [5.41, 5.74) is 0.745. The zero-order valence-electron chi connectivity index (χ0n) is 10.6. The van der Waals surface area contributed by atoms with Crippen LogP contribution in [0.2, 0.25) is 5.02 Å². The third kappa shape index (κ3) is 2.60. The summed E-state index contributed by atoms with van der Waals surface area (Å²) in [5.74, 6) is 1.20. The van der Waals surface area contributed by atoms with Crippen molar-refractivity contribution in [1.82, 2.24) is 4.98 Å². The van der Waals surface area contributed by atoms with Crippen molar-refractivity contribution in [1.29, 1.82) is 0 Å². The Hall–Kier alpha value is -2.07. The Labute approximate surface area is 121 Å².